The van der Waals surface area contributed by atoms with Crippen molar-refractivity contribution in [2.75, 3.05) is 26.7 Å². The number of carbonyl (C=O) groups is 1. The first-order chi connectivity index (χ1) is 8.12. The van der Waals surface area contributed by atoms with Gasteiger partial charge >= 0.3 is 0 Å². The van der Waals surface area contributed by atoms with Crippen molar-refractivity contribution in [2.24, 2.45) is 0 Å². The van der Waals surface area contributed by atoms with Crippen LogP contribution in [0.25, 0.3) is 0 Å². The van der Waals surface area contributed by atoms with E-state index in [4.69, 9.17) is 4.74 Å². The molecule has 0 aliphatic carbocycles. The molecule has 0 aromatic rings. The summed E-state index contributed by atoms with van der Waals surface area (Å²) < 4.78 is 5.58. The van der Waals surface area contributed by atoms with Crippen molar-refractivity contribution in [3.05, 3.63) is 0 Å². The van der Waals surface area contributed by atoms with Crippen molar-refractivity contribution >= 4 is 18.3 Å². The van der Waals surface area contributed by atoms with E-state index in [1.165, 1.54) is 6.42 Å². The number of amides is 1. The number of nitrogens with one attached hydrogen (secondary N) is 1. The highest BCUT2D eigenvalue weighted by Crippen LogP contribution is 2.22. The molecule has 106 valence electrons. The first-order valence-corrected chi connectivity index (χ1v) is 6.74. The van der Waals surface area contributed by atoms with E-state index in [9.17, 15) is 4.79 Å². The van der Waals surface area contributed by atoms with Crippen LogP contribution in [0.1, 0.15) is 39.0 Å². The zero-order valence-corrected chi connectivity index (χ0v) is 12.2. The number of likely N-dealkylation sites (N-methyl/N-ethyl adjacent to an activating group) is 1. The summed E-state index contributed by atoms with van der Waals surface area (Å²) in [4.78, 5) is 14.3. The van der Waals surface area contributed by atoms with E-state index in [1.54, 1.807) is 0 Å². The standard InChI is InChI=1S/C13H24N2O2.ClH/c1-13(7-3-4-8-14-13)12(16)15(2)10-11-6-5-9-17-11;/h11,14H,3-10H2,1-2H3;1H. The highest BCUT2D eigenvalue weighted by Gasteiger charge is 2.37. The van der Waals surface area contributed by atoms with E-state index >= 15 is 0 Å². The lowest BCUT2D eigenvalue weighted by Gasteiger charge is -2.37. The van der Waals surface area contributed by atoms with E-state index < -0.39 is 0 Å². The maximum atomic E-state index is 12.4. The first-order valence-electron chi connectivity index (χ1n) is 6.74. The summed E-state index contributed by atoms with van der Waals surface area (Å²) in [6.07, 6.45) is 5.73. The van der Waals surface area contributed by atoms with Crippen molar-refractivity contribution in [3.63, 3.8) is 0 Å². The van der Waals surface area contributed by atoms with Gasteiger partial charge in [-0.25, -0.2) is 0 Å². The summed E-state index contributed by atoms with van der Waals surface area (Å²) in [6.45, 7) is 4.56. The number of nitrogens with zero attached hydrogens (tertiary/aromatic N) is 1. The Labute approximate surface area is 116 Å². The monoisotopic (exact) mass is 276 g/mol. The van der Waals surface area contributed by atoms with Gasteiger partial charge in [0.2, 0.25) is 5.91 Å². The summed E-state index contributed by atoms with van der Waals surface area (Å²) in [5, 5.41) is 3.37. The molecule has 1 amide bonds. The molecule has 5 heteroatoms. The minimum absolute atomic E-state index is 0. The van der Waals surface area contributed by atoms with Crippen LogP contribution in [0, 0.1) is 0 Å². The molecule has 2 unspecified atom stereocenters. The molecular formula is C13H25ClN2O2. The van der Waals surface area contributed by atoms with Gasteiger partial charge in [-0.15, -0.1) is 12.4 Å². The van der Waals surface area contributed by atoms with Gasteiger partial charge in [0.15, 0.2) is 0 Å². The summed E-state index contributed by atoms with van der Waals surface area (Å²) in [5.74, 6) is 0.215. The van der Waals surface area contributed by atoms with Gasteiger partial charge < -0.3 is 15.0 Å². The second-order valence-electron chi connectivity index (χ2n) is 5.54. The molecule has 0 saturated carbocycles. The molecule has 2 heterocycles. The Hall–Kier alpha value is -0.320. The van der Waals surface area contributed by atoms with Crippen LogP contribution in [0.15, 0.2) is 0 Å². The first kappa shape index (κ1) is 15.7. The van der Waals surface area contributed by atoms with Gasteiger partial charge in [-0.05, 0) is 45.6 Å². The van der Waals surface area contributed by atoms with Gasteiger partial charge in [-0.1, -0.05) is 0 Å². The molecule has 0 aromatic heterocycles. The normalized spacial score (nSPS) is 31.8. The van der Waals surface area contributed by atoms with Crippen molar-refractivity contribution < 1.29 is 9.53 Å². The third kappa shape index (κ3) is 3.59. The molecule has 0 bridgehead atoms. The number of hydrogen-bond donors (Lipinski definition) is 1. The third-order valence-corrected chi connectivity index (χ3v) is 3.94. The van der Waals surface area contributed by atoms with Gasteiger partial charge in [0.25, 0.3) is 0 Å². The smallest absolute Gasteiger partial charge is 0.242 e. The number of piperidine rings is 1. The van der Waals surface area contributed by atoms with E-state index in [-0.39, 0.29) is 30.0 Å². The van der Waals surface area contributed by atoms with Crippen LogP contribution in [0.3, 0.4) is 0 Å². The average molecular weight is 277 g/mol. The van der Waals surface area contributed by atoms with Crippen LogP contribution in [-0.4, -0.2) is 49.2 Å². The topological polar surface area (TPSA) is 41.6 Å². The SMILES string of the molecule is CN(CC1CCCO1)C(=O)C1(C)CCCCN1.Cl. The molecule has 1 N–H and O–H groups in total. The van der Waals surface area contributed by atoms with Crippen molar-refractivity contribution in [3.8, 4) is 0 Å². The highest BCUT2D eigenvalue weighted by molar-refractivity contribution is 5.86. The Morgan fingerprint density at radius 3 is 2.78 bits per heavy atom. The fourth-order valence-corrected chi connectivity index (χ4v) is 2.84. The maximum absolute atomic E-state index is 12.4. The molecule has 2 rings (SSSR count). The van der Waals surface area contributed by atoms with E-state index in [0.717, 1.165) is 45.4 Å². The third-order valence-electron chi connectivity index (χ3n) is 3.94. The summed E-state index contributed by atoms with van der Waals surface area (Å²) >= 11 is 0. The zero-order chi connectivity index (χ0) is 12.3. The predicted molar refractivity (Wildman–Crippen MR) is 74.1 cm³/mol. The van der Waals surface area contributed by atoms with Crippen molar-refractivity contribution in [1.82, 2.24) is 10.2 Å². The van der Waals surface area contributed by atoms with Crippen LogP contribution in [0.4, 0.5) is 0 Å². The van der Waals surface area contributed by atoms with Crippen LogP contribution in [-0.2, 0) is 9.53 Å². The molecule has 0 aromatic carbocycles. The molecule has 2 aliphatic heterocycles. The number of halogens is 1. The lowest BCUT2D eigenvalue weighted by atomic mass is 9.89. The number of ether oxygens (including phenoxy) is 1. The molecular weight excluding hydrogens is 252 g/mol. The molecule has 2 fully saturated rings. The fourth-order valence-electron chi connectivity index (χ4n) is 2.84. The van der Waals surface area contributed by atoms with E-state index in [1.807, 2.05) is 18.9 Å². The molecule has 2 atom stereocenters. The molecule has 4 nitrogen and oxygen atoms in total. The Bertz CT molecular complexity index is 274. The predicted octanol–water partition coefficient (Wildman–Crippen LogP) is 1.58. The van der Waals surface area contributed by atoms with Gasteiger partial charge in [0.05, 0.1) is 11.6 Å². The largest absolute Gasteiger partial charge is 0.376 e. The molecule has 0 radical (unpaired) electrons. The number of carbonyl (C=O) groups excluding carboxylic acids is 1. The minimum Gasteiger partial charge on any atom is -0.376 e. The quantitative estimate of drug-likeness (QED) is 0.851. The number of rotatable bonds is 3. The average Bonchev–Trinajstić information content (AvgIpc) is 2.81. The Morgan fingerprint density at radius 1 is 1.44 bits per heavy atom. The van der Waals surface area contributed by atoms with Crippen molar-refractivity contribution in [1.29, 1.82) is 0 Å². The summed E-state index contributed by atoms with van der Waals surface area (Å²) in [5.41, 5.74) is -0.356. The second kappa shape index (κ2) is 6.73. The van der Waals surface area contributed by atoms with Crippen LogP contribution < -0.4 is 5.32 Å². The Kier molecular flexibility index (Phi) is 5.89. The van der Waals surface area contributed by atoms with Crippen LogP contribution in [0.5, 0.6) is 0 Å². The summed E-state index contributed by atoms with van der Waals surface area (Å²) in [6, 6.07) is 0. The molecule has 0 spiro atoms. The summed E-state index contributed by atoms with van der Waals surface area (Å²) in [7, 11) is 1.89. The maximum Gasteiger partial charge on any atom is 0.242 e. The van der Waals surface area contributed by atoms with Gasteiger partial charge in [0, 0.05) is 20.2 Å². The number of hydrogen-bond acceptors (Lipinski definition) is 3. The molecule has 2 aliphatic rings. The van der Waals surface area contributed by atoms with E-state index in [2.05, 4.69) is 5.32 Å². The van der Waals surface area contributed by atoms with E-state index in [0.29, 0.717) is 0 Å². The molecule has 18 heavy (non-hydrogen) atoms. The highest BCUT2D eigenvalue weighted by atomic mass is 35.5. The van der Waals surface area contributed by atoms with Gasteiger partial charge in [-0.3, -0.25) is 4.79 Å². The van der Waals surface area contributed by atoms with Crippen LogP contribution >= 0.6 is 12.4 Å². The fraction of sp³-hybridized carbons (Fsp3) is 0.923. The van der Waals surface area contributed by atoms with Crippen LogP contribution in [0.2, 0.25) is 0 Å². The Balaban J connectivity index is 0.00000162. The lowest BCUT2D eigenvalue weighted by Crippen LogP contribution is -2.58. The van der Waals surface area contributed by atoms with Gasteiger partial charge in [-0.2, -0.15) is 0 Å². The van der Waals surface area contributed by atoms with Gasteiger partial charge in [0.1, 0.15) is 0 Å². The minimum atomic E-state index is -0.356. The second-order valence-corrected chi connectivity index (χ2v) is 5.54. The Morgan fingerprint density at radius 2 is 2.22 bits per heavy atom. The lowest BCUT2D eigenvalue weighted by molar-refractivity contribution is -0.138. The zero-order valence-electron chi connectivity index (χ0n) is 11.4. The van der Waals surface area contributed by atoms with Crippen molar-refractivity contribution in [2.45, 2.75) is 50.7 Å². The molecule has 2 saturated heterocycles.